The van der Waals surface area contributed by atoms with Gasteiger partial charge in [-0.15, -0.1) is 11.3 Å². The molecule has 1 atom stereocenters. The van der Waals surface area contributed by atoms with Gasteiger partial charge in [0.2, 0.25) is 0 Å². The van der Waals surface area contributed by atoms with Crippen LogP contribution in [0.15, 0.2) is 12.1 Å². The number of hydrogen-bond donors (Lipinski definition) is 2. The lowest BCUT2D eigenvalue weighted by molar-refractivity contribution is 0.0949. The Morgan fingerprint density at radius 2 is 2.47 bits per heavy atom. The second-order valence-corrected chi connectivity index (χ2v) is 5.71. The van der Waals surface area contributed by atoms with Crippen molar-refractivity contribution in [1.29, 1.82) is 0 Å². The number of aryl methyl sites for hydroxylation is 1. The van der Waals surface area contributed by atoms with E-state index in [1.807, 2.05) is 12.1 Å². The Labute approximate surface area is 107 Å². The van der Waals surface area contributed by atoms with Crippen molar-refractivity contribution in [3.05, 3.63) is 21.9 Å². The van der Waals surface area contributed by atoms with Crippen LogP contribution in [-0.2, 0) is 6.42 Å². The van der Waals surface area contributed by atoms with Crippen LogP contribution in [0.1, 0.15) is 34.3 Å². The van der Waals surface area contributed by atoms with Crippen molar-refractivity contribution < 1.29 is 4.79 Å². The highest BCUT2D eigenvalue weighted by Crippen LogP contribution is 2.17. The Kier molecular flexibility index (Phi) is 4.57. The largest absolute Gasteiger partial charge is 0.351 e. The standard InChI is InChI=1S/C13H20N2OS/c1-2-11-5-6-12(17-11)13(16)15-9-10-4-3-7-14-8-10/h5-6,10,14H,2-4,7-9H2,1H3,(H,15,16). The van der Waals surface area contributed by atoms with Gasteiger partial charge in [0.25, 0.3) is 5.91 Å². The lowest BCUT2D eigenvalue weighted by atomic mass is 10.00. The van der Waals surface area contributed by atoms with Gasteiger partial charge in [-0.2, -0.15) is 0 Å². The molecule has 2 rings (SSSR count). The first-order chi connectivity index (χ1) is 8.29. The van der Waals surface area contributed by atoms with Crippen molar-refractivity contribution in [1.82, 2.24) is 10.6 Å². The zero-order valence-electron chi connectivity index (χ0n) is 10.3. The zero-order chi connectivity index (χ0) is 12.1. The molecule has 2 heterocycles. The highest BCUT2D eigenvalue weighted by Gasteiger charge is 2.15. The molecule has 1 aromatic heterocycles. The number of piperidine rings is 1. The molecule has 17 heavy (non-hydrogen) atoms. The van der Waals surface area contributed by atoms with E-state index < -0.39 is 0 Å². The molecular formula is C13H20N2OS. The van der Waals surface area contributed by atoms with Crippen LogP contribution in [0.2, 0.25) is 0 Å². The summed E-state index contributed by atoms with van der Waals surface area (Å²) in [5, 5.41) is 6.40. The van der Waals surface area contributed by atoms with E-state index in [1.165, 1.54) is 17.7 Å². The molecule has 2 N–H and O–H groups in total. The summed E-state index contributed by atoms with van der Waals surface area (Å²) >= 11 is 1.60. The zero-order valence-corrected chi connectivity index (χ0v) is 11.1. The highest BCUT2D eigenvalue weighted by molar-refractivity contribution is 7.14. The molecule has 0 bridgehead atoms. The van der Waals surface area contributed by atoms with Crippen molar-refractivity contribution in [2.75, 3.05) is 19.6 Å². The van der Waals surface area contributed by atoms with Gasteiger partial charge in [0, 0.05) is 11.4 Å². The maximum absolute atomic E-state index is 11.9. The molecule has 1 amide bonds. The monoisotopic (exact) mass is 252 g/mol. The fourth-order valence-corrected chi connectivity index (χ4v) is 2.98. The minimum absolute atomic E-state index is 0.0836. The van der Waals surface area contributed by atoms with Gasteiger partial charge in [0.15, 0.2) is 0 Å². The number of carbonyl (C=O) groups is 1. The van der Waals surface area contributed by atoms with Gasteiger partial charge in [0.1, 0.15) is 0 Å². The van der Waals surface area contributed by atoms with Gasteiger partial charge < -0.3 is 10.6 Å². The summed E-state index contributed by atoms with van der Waals surface area (Å²) in [5.74, 6) is 0.679. The third-order valence-corrected chi connectivity index (χ3v) is 4.41. The molecule has 1 aliphatic rings. The second-order valence-electron chi connectivity index (χ2n) is 4.54. The van der Waals surface area contributed by atoms with E-state index >= 15 is 0 Å². The molecule has 1 fully saturated rings. The maximum Gasteiger partial charge on any atom is 0.261 e. The second kappa shape index (κ2) is 6.17. The van der Waals surface area contributed by atoms with Gasteiger partial charge in [0.05, 0.1) is 4.88 Å². The van der Waals surface area contributed by atoms with E-state index in [4.69, 9.17) is 0 Å². The highest BCUT2D eigenvalue weighted by atomic mass is 32.1. The van der Waals surface area contributed by atoms with Gasteiger partial charge >= 0.3 is 0 Å². The summed E-state index contributed by atoms with van der Waals surface area (Å²) in [6.45, 7) is 5.06. The molecule has 4 heteroatoms. The van der Waals surface area contributed by atoms with Gasteiger partial charge in [-0.25, -0.2) is 0 Å². The topological polar surface area (TPSA) is 41.1 Å². The van der Waals surface area contributed by atoms with Crippen LogP contribution in [0.25, 0.3) is 0 Å². The van der Waals surface area contributed by atoms with Crippen LogP contribution in [-0.4, -0.2) is 25.5 Å². The molecule has 1 aromatic rings. The SMILES string of the molecule is CCc1ccc(C(=O)NCC2CCCNC2)s1. The Morgan fingerprint density at radius 1 is 1.59 bits per heavy atom. The van der Waals surface area contributed by atoms with Gasteiger partial charge in [-0.05, 0) is 50.4 Å². The third-order valence-electron chi connectivity index (χ3n) is 3.18. The summed E-state index contributed by atoms with van der Waals surface area (Å²) < 4.78 is 0. The number of nitrogens with one attached hydrogen (secondary N) is 2. The Hall–Kier alpha value is -0.870. The molecule has 1 unspecified atom stereocenters. The predicted molar refractivity (Wildman–Crippen MR) is 71.6 cm³/mol. The van der Waals surface area contributed by atoms with Crippen LogP contribution in [0.4, 0.5) is 0 Å². The third kappa shape index (κ3) is 3.54. The molecule has 1 aliphatic heterocycles. The maximum atomic E-state index is 11.9. The Morgan fingerprint density at radius 3 is 3.12 bits per heavy atom. The lowest BCUT2D eigenvalue weighted by Gasteiger charge is -2.22. The van der Waals surface area contributed by atoms with Crippen molar-refractivity contribution in [3.63, 3.8) is 0 Å². The van der Waals surface area contributed by atoms with E-state index in [1.54, 1.807) is 11.3 Å². The number of rotatable bonds is 4. The Balaban J connectivity index is 1.80. The first-order valence-electron chi connectivity index (χ1n) is 6.37. The molecule has 1 saturated heterocycles. The molecule has 0 aromatic carbocycles. The number of amides is 1. The Bertz CT molecular complexity index is 369. The smallest absolute Gasteiger partial charge is 0.261 e. The van der Waals surface area contributed by atoms with E-state index in [2.05, 4.69) is 17.6 Å². The first kappa shape index (κ1) is 12.6. The minimum atomic E-state index is 0.0836. The molecule has 0 spiro atoms. The van der Waals surface area contributed by atoms with Crippen molar-refractivity contribution in [3.8, 4) is 0 Å². The number of hydrogen-bond acceptors (Lipinski definition) is 3. The van der Waals surface area contributed by atoms with Gasteiger partial charge in [-0.3, -0.25) is 4.79 Å². The van der Waals surface area contributed by atoms with Crippen molar-refractivity contribution in [2.24, 2.45) is 5.92 Å². The molecule has 0 saturated carbocycles. The molecule has 94 valence electrons. The molecule has 0 radical (unpaired) electrons. The number of carbonyl (C=O) groups excluding carboxylic acids is 1. The van der Waals surface area contributed by atoms with Crippen LogP contribution in [0, 0.1) is 5.92 Å². The minimum Gasteiger partial charge on any atom is -0.351 e. The lowest BCUT2D eigenvalue weighted by Crippen LogP contribution is -2.37. The first-order valence-corrected chi connectivity index (χ1v) is 7.19. The van der Waals surface area contributed by atoms with Crippen molar-refractivity contribution >= 4 is 17.2 Å². The summed E-state index contributed by atoms with van der Waals surface area (Å²) in [5.41, 5.74) is 0. The van der Waals surface area contributed by atoms with Crippen LogP contribution >= 0.6 is 11.3 Å². The molecule has 3 nitrogen and oxygen atoms in total. The van der Waals surface area contributed by atoms with Crippen LogP contribution in [0.3, 0.4) is 0 Å². The fourth-order valence-electron chi connectivity index (χ4n) is 2.11. The normalized spacial score (nSPS) is 20.2. The van der Waals surface area contributed by atoms with E-state index in [9.17, 15) is 4.79 Å². The summed E-state index contributed by atoms with van der Waals surface area (Å²) in [7, 11) is 0. The summed E-state index contributed by atoms with van der Waals surface area (Å²) in [6, 6.07) is 3.97. The van der Waals surface area contributed by atoms with E-state index in [0.717, 1.165) is 30.9 Å². The van der Waals surface area contributed by atoms with E-state index in [-0.39, 0.29) is 5.91 Å². The number of thiophene rings is 1. The average molecular weight is 252 g/mol. The fraction of sp³-hybridized carbons (Fsp3) is 0.615. The predicted octanol–water partition coefficient (Wildman–Crippen LogP) is 2.04. The average Bonchev–Trinajstić information content (AvgIpc) is 2.86. The quantitative estimate of drug-likeness (QED) is 0.861. The van der Waals surface area contributed by atoms with Crippen LogP contribution < -0.4 is 10.6 Å². The van der Waals surface area contributed by atoms with Gasteiger partial charge in [-0.1, -0.05) is 6.92 Å². The summed E-state index contributed by atoms with van der Waals surface area (Å²) in [4.78, 5) is 14.0. The summed E-state index contributed by atoms with van der Waals surface area (Å²) in [6.07, 6.45) is 3.45. The van der Waals surface area contributed by atoms with E-state index in [0.29, 0.717) is 5.92 Å². The van der Waals surface area contributed by atoms with Crippen LogP contribution in [0.5, 0.6) is 0 Å². The molecule has 0 aliphatic carbocycles. The molecular weight excluding hydrogens is 232 g/mol. The van der Waals surface area contributed by atoms with Crippen molar-refractivity contribution in [2.45, 2.75) is 26.2 Å².